The monoisotopic (exact) mass is 297 g/mol. The molecule has 0 saturated carbocycles. The van der Waals surface area contributed by atoms with Gasteiger partial charge in [-0.15, -0.1) is 0 Å². The molecule has 0 aliphatic heterocycles. The lowest BCUT2D eigenvalue weighted by molar-refractivity contribution is 0.817. The van der Waals surface area contributed by atoms with Gasteiger partial charge in [0.25, 0.3) is 0 Å². The van der Waals surface area contributed by atoms with Crippen LogP contribution in [-0.2, 0) is 0 Å². The van der Waals surface area contributed by atoms with Crippen molar-refractivity contribution in [3.63, 3.8) is 0 Å². The quantitative estimate of drug-likeness (QED) is 0.846. The summed E-state index contributed by atoms with van der Waals surface area (Å²) in [6.07, 6.45) is 0. The second kappa shape index (κ2) is 5.98. The van der Waals surface area contributed by atoms with Crippen LogP contribution in [-0.4, -0.2) is 0 Å². The largest absolute Gasteiger partial charge is 0.324 e. The molecule has 0 spiro atoms. The number of hydrogen-bond donors (Lipinski definition) is 1. The van der Waals surface area contributed by atoms with Crippen molar-refractivity contribution in [1.29, 1.82) is 0 Å². The van der Waals surface area contributed by atoms with E-state index in [1.807, 2.05) is 49.4 Å². The van der Waals surface area contributed by atoms with Gasteiger partial charge < -0.3 is 5.73 Å². The first-order valence-corrected chi connectivity index (χ1v) is 7.12. The van der Waals surface area contributed by atoms with Crippen molar-refractivity contribution in [2.45, 2.75) is 22.8 Å². The minimum Gasteiger partial charge on any atom is -0.324 e. The van der Waals surface area contributed by atoms with Gasteiger partial charge >= 0.3 is 0 Å². The van der Waals surface area contributed by atoms with Crippen LogP contribution in [0.3, 0.4) is 0 Å². The molecular formula is C14H13Cl2NS. The van der Waals surface area contributed by atoms with Gasteiger partial charge in [0, 0.05) is 20.9 Å². The summed E-state index contributed by atoms with van der Waals surface area (Å²) < 4.78 is 0. The zero-order valence-corrected chi connectivity index (χ0v) is 12.2. The molecule has 0 aromatic heterocycles. The molecule has 18 heavy (non-hydrogen) atoms. The molecule has 1 nitrogen and oxygen atoms in total. The SMILES string of the molecule is CC(N)c1ccc(Sc2cccc(Cl)c2)c(Cl)c1. The predicted octanol–water partition coefficient (Wildman–Crippen LogP) is 5.16. The Balaban J connectivity index is 2.24. The van der Waals surface area contributed by atoms with E-state index in [1.165, 1.54) is 0 Å². The summed E-state index contributed by atoms with van der Waals surface area (Å²) in [6.45, 7) is 1.94. The Morgan fingerprint density at radius 3 is 2.50 bits per heavy atom. The van der Waals surface area contributed by atoms with Crippen LogP contribution >= 0.6 is 35.0 Å². The van der Waals surface area contributed by atoms with E-state index in [0.717, 1.165) is 25.4 Å². The molecule has 0 bridgehead atoms. The third-order valence-corrected chi connectivity index (χ3v) is 4.23. The smallest absolute Gasteiger partial charge is 0.0548 e. The number of rotatable bonds is 3. The molecule has 1 unspecified atom stereocenters. The van der Waals surface area contributed by atoms with Gasteiger partial charge in [-0.3, -0.25) is 0 Å². The van der Waals surface area contributed by atoms with E-state index in [4.69, 9.17) is 28.9 Å². The number of hydrogen-bond acceptors (Lipinski definition) is 2. The highest BCUT2D eigenvalue weighted by Crippen LogP contribution is 2.35. The summed E-state index contributed by atoms with van der Waals surface area (Å²) in [5, 5.41) is 1.44. The van der Waals surface area contributed by atoms with E-state index in [1.54, 1.807) is 11.8 Å². The fourth-order valence-corrected chi connectivity index (χ4v) is 2.98. The number of nitrogens with two attached hydrogens (primary N) is 1. The third kappa shape index (κ3) is 3.42. The Morgan fingerprint density at radius 1 is 1.11 bits per heavy atom. The molecule has 2 aromatic carbocycles. The van der Waals surface area contributed by atoms with Crippen LogP contribution in [0, 0.1) is 0 Å². The van der Waals surface area contributed by atoms with E-state index in [2.05, 4.69) is 0 Å². The van der Waals surface area contributed by atoms with Gasteiger partial charge in [0.1, 0.15) is 0 Å². The summed E-state index contributed by atoms with van der Waals surface area (Å²) in [4.78, 5) is 2.07. The third-order valence-electron chi connectivity index (χ3n) is 2.51. The molecule has 0 fully saturated rings. The average molecular weight is 298 g/mol. The maximum atomic E-state index is 6.25. The van der Waals surface area contributed by atoms with Gasteiger partial charge in [0.15, 0.2) is 0 Å². The zero-order valence-electron chi connectivity index (χ0n) is 9.86. The standard InChI is InChI=1S/C14H13Cl2NS/c1-9(17)10-5-6-14(13(16)7-10)18-12-4-2-3-11(15)8-12/h2-9H,17H2,1H3. The number of halogens is 2. The Kier molecular flexibility index (Phi) is 4.57. The molecule has 94 valence electrons. The fourth-order valence-electron chi connectivity index (χ4n) is 1.54. The van der Waals surface area contributed by atoms with Crippen molar-refractivity contribution in [2.24, 2.45) is 5.73 Å². The predicted molar refractivity (Wildman–Crippen MR) is 79.6 cm³/mol. The van der Waals surface area contributed by atoms with Crippen molar-refractivity contribution < 1.29 is 0 Å². The number of benzene rings is 2. The molecule has 0 aliphatic carbocycles. The lowest BCUT2D eigenvalue weighted by atomic mass is 10.1. The molecule has 0 amide bonds. The van der Waals surface area contributed by atoms with Crippen molar-refractivity contribution in [3.05, 3.63) is 58.1 Å². The first-order chi connectivity index (χ1) is 8.56. The first-order valence-electron chi connectivity index (χ1n) is 5.54. The van der Waals surface area contributed by atoms with E-state index < -0.39 is 0 Å². The van der Waals surface area contributed by atoms with Gasteiger partial charge in [0.2, 0.25) is 0 Å². The Morgan fingerprint density at radius 2 is 1.89 bits per heavy atom. The van der Waals surface area contributed by atoms with Crippen LogP contribution in [0.2, 0.25) is 10.0 Å². The minimum atomic E-state index is -0.00674. The minimum absolute atomic E-state index is 0.00674. The van der Waals surface area contributed by atoms with E-state index in [-0.39, 0.29) is 6.04 Å². The summed E-state index contributed by atoms with van der Waals surface area (Å²) in [7, 11) is 0. The van der Waals surface area contributed by atoms with Gasteiger partial charge in [-0.1, -0.05) is 47.1 Å². The Bertz CT molecular complexity index is 555. The van der Waals surface area contributed by atoms with Crippen LogP contribution in [0.1, 0.15) is 18.5 Å². The lowest BCUT2D eigenvalue weighted by Gasteiger charge is -2.09. The maximum absolute atomic E-state index is 6.25. The molecule has 4 heteroatoms. The molecule has 2 rings (SSSR count). The highest BCUT2D eigenvalue weighted by molar-refractivity contribution is 7.99. The molecule has 0 aliphatic rings. The van der Waals surface area contributed by atoms with Crippen LogP contribution in [0.4, 0.5) is 0 Å². The van der Waals surface area contributed by atoms with Gasteiger partial charge in [-0.05, 0) is 42.8 Å². The molecule has 1 atom stereocenters. The van der Waals surface area contributed by atoms with Crippen LogP contribution in [0.25, 0.3) is 0 Å². The topological polar surface area (TPSA) is 26.0 Å². The molecule has 2 aromatic rings. The summed E-state index contributed by atoms with van der Waals surface area (Å²) in [5.41, 5.74) is 6.86. The highest BCUT2D eigenvalue weighted by atomic mass is 35.5. The van der Waals surface area contributed by atoms with Crippen molar-refractivity contribution in [1.82, 2.24) is 0 Å². The van der Waals surface area contributed by atoms with Crippen LogP contribution < -0.4 is 5.73 Å². The van der Waals surface area contributed by atoms with Gasteiger partial charge in [-0.25, -0.2) is 0 Å². The van der Waals surface area contributed by atoms with Crippen molar-refractivity contribution in [2.75, 3.05) is 0 Å². The molecular weight excluding hydrogens is 285 g/mol. The zero-order chi connectivity index (χ0) is 13.1. The maximum Gasteiger partial charge on any atom is 0.0548 e. The average Bonchev–Trinajstić information content (AvgIpc) is 2.31. The Labute approximate surface area is 121 Å². The summed E-state index contributed by atoms with van der Waals surface area (Å²) >= 11 is 13.8. The van der Waals surface area contributed by atoms with Crippen LogP contribution in [0.5, 0.6) is 0 Å². The van der Waals surface area contributed by atoms with Crippen molar-refractivity contribution >= 4 is 35.0 Å². The van der Waals surface area contributed by atoms with E-state index in [0.29, 0.717) is 0 Å². The normalized spacial score (nSPS) is 12.4. The first kappa shape index (κ1) is 13.8. The summed E-state index contributed by atoms with van der Waals surface area (Å²) in [6, 6.07) is 13.6. The molecule has 2 N–H and O–H groups in total. The second-order valence-corrected chi connectivity index (χ2v) is 6.00. The molecule has 0 radical (unpaired) electrons. The van der Waals surface area contributed by atoms with E-state index in [9.17, 15) is 0 Å². The van der Waals surface area contributed by atoms with Crippen molar-refractivity contribution in [3.8, 4) is 0 Å². The molecule has 0 saturated heterocycles. The summed E-state index contributed by atoms with van der Waals surface area (Å²) in [5.74, 6) is 0. The fraction of sp³-hybridized carbons (Fsp3) is 0.143. The highest BCUT2D eigenvalue weighted by Gasteiger charge is 2.06. The lowest BCUT2D eigenvalue weighted by Crippen LogP contribution is -2.04. The van der Waals surface area contributed by atoms with E-state index >= 15 is 0 Å². The van der Waals surface area contributed by atoms with Crippen LogP contribution in [0.15, 0.2) is 52.3 Å². The second-order valence-electron chi connectivity index (χ2n) is 4.04. The molecule has 0 heterocycles. The van der Waals surface area contributed by atoms with Gasteiger partial charge in [0.05, 0.1) is 5.02 Å². The Hall–Kier alpha value is -0.670. The van der Waals surface area contributed by atoms with Gasteiger partial charge in [-0.2, -0.15) is 0 Å².